The first kappa shape index (κ1) is 15.3. The molecule has 20 heavy (non-hydrogen) atoms. The van der Waals surface area contributed by atoms with Crippen LogP contribution >= 0.6 is 0 Å². The monoisotopic (exact) mass is 275 g/mol. The molecule has 1 N–H and O–H groups in total. The Morgan fingerprint density at radius 2 is 2.10 bits per heavy atom. The first-order chi connectivity index (χ1) is 9.37. The maximum absolute atomic E-state index is 4.73. The van der Waals surface area contributed by atoms with Crippen LogP contribution < -0.4 is 10.2 Å². The Hall–Kier alpha value is -1.09. The summed E-state index contributed by atoms with van der Waals surface area (Å²) in [7, 11) is 0. The molecule has 1 saturated heterocycles. The molecule has 1 fully saturated rings. The molecule has 0 radical (unpaired) electrons. The average Bonchev–Trinajstić information content (AvgIpc) is 2.84. The Bertz CT molecular complexity index is 448. The van der Waals surface area contributed by atoms with E-state index in [2.05, 4.69) is 57.0 Å². The summed E-state index contributed by atoms with van der Waals surface area (Å²) in [5, 5.41) is 3.56. The Balaban J connectivity index is 2.09. The molecule has 1 atom stereocenters. The van der Waals surface area contributed by atoms with Crippen molar-refractivity contribution >= 4 is 5.82 Å². The van der Waals surface area contributed by atoms with Crippen molar-refractivity contribution in [3.05, 3.63) is 23.4 Å². The third-order valence-electron chi connectivity index (χ3n) is 4.01. The van der Waals surface area contributed by atoms with Crippen molar-refractivity contribution in [1.29, 1.82) is 0 Å². The number of anilines is 1. The molecule has 3 nitrogen and oxygen atoms in total. The molecule has 3 heteroatoms. The van der Waals surface area contributed by atoms with Gasteiger partial charge in [-0.15, -0.1) is 0 Å². The molecule has 1 aromatic rings. The molecule has 1 aromatic heterocycles. The van der Waals surface area contributed by atoms with Gasteiger partial charge < -0.3 is 10.2 Å². The fraction of sp³-hybridized carbons (Fsp3) is 0.706. The topological polar surface area (TPSA) is 28.2 Å². The molecule has 2 heterocycles. The van der Waals surface area contributed by atoms with Gasteiger partial charge in [-0.1, -0.05) is 13.3 Å². The zero-order chi connectivity index (χ0) is 14.8. The van der Waals surface area contributed by atoms with Crippen LogP contribution in [0.1, 0.15) is 51.8 Å². The van der Waals surface area contributed by atoms with Crippen molar-refractivity contribution in [1.82, 2.24) is 10.3 Å². The lowest BCUT2D eigenvalue weighted by Gasteiger charge is -2.22. The molecule has 0 bridgehead atoms. The minimum Gasteiger partial charge on any atom is -0.356 e. The maximum Gasteiger partial charge on any atom is 0.129 e. The number of hydrogen-bond donors (Lipinski definition) is 1. The van der Waals surface area contributed by atoms with Gasteiger partial charge in [0.15, 0.2) is 0 Å². The maximum atomic E-state index is 4.73. The SMILES string of the molecule is CCC1CCN(c2cc(CNC(C)(C)C)cc(C)n2)C1. The summed E-state index contributed by atoms with van der Waals surface area (Å²) >= 11 is 0. The van der Waals surface area contributed by atoms with Gasteiger partial charge in [0.25, 0.3) is 0 Å². The molecule has 0 aliphatic carbocycles. The third kappa shape index (κ3) is 4.20. The number of rotatable bonds is 4. The molecule has 1 aliphatic heterocycles. The minimum absolute atomic E-state index is 0.151. The van der Waals surface area contributed by atoms with E-state index in [4.69, 9.17) is 4.98 Å². The van der Waals surface area contributed by atoms with Crippen molar-refractivity contribution < 1.29 is 0 Å². The number of hydrogen-bond acceptors (Lipinski definition) is 3. The highest BCUT2D eigenvalue weighted by molar-refractivity contribution is 5.43. The van der Waals surface area contributed by atoms with Crippen molar-refractivity contribution in [2.45, 2.75) is 59.5 Å². The van der Waals surface area contributed by atoms with Crippen LogP contribution in [0.5, 0.6) is 0 Å². The molecule has 0 amide bonds. The highest BCUT2D eigenvalue weighted by atomic mass is 15.2. The zero-order valence-electron chi connectivity index (χ0n) is 13.7. The van der Waals surface area contributed by atoms with E-state index in [0.29, 0.717) is 0 Å². The minimum atomic E-state index is 0.151. The second kappa shape index (κ2) is 6.13. The summed E-state index contributed by atoms with van der Waals surface area (Å²) in [6.45, 7) is 14.2. The van der Waals surface area contributed by atoms with E-state index in [1.54, 1.807) is 0 Å². The molecule has 112 valence electrons. The van der Waals surface area contributed by atoms with Gasteiger partial charge in [0.2, 0.25) is 0 Å². The normalized spacial score (nSPS) is 19.6. The predicted octanol–water partition coefficient (Wildman–Crippen LogP) is 3.51. The van der Waals surface area contributed by atoms with E-state index < -0.39 is 0 Å². The summed E-state index contributed by atoms with van der Waals surface area (Å²) < 4.78 is 0. The van der Waals surface area contributed by atoms with E-state index in [1.165, 1.54) is 24.9 Å². The van der Waals surface area contributed by atoms with Crippen molar-refractivity contribution in [2.75, 3.05) is 18.0 Å². The lowest BCUT2D eigenvalue weighted by molar-refractivity contribution is 0.424. The van der Waals surface area contributed by atoms with E-state index in [-0.39, 0.29) is 5.54 Å². The Labute approximate surface area is 123 Å². The first-order valence-corrected chi connectivity index (χ1v) is 7.85. The molecular weight excluding hydrogens is 246 g/mol. The molecule has 1 unspecified atom stereocenters. The summed E-state index contributed by atoms with van der Waals surface area (Å²) in [6, 6.07) is 4.44. The average molecular weight is 275 g/mol. The van der Waals surface area contributed by atoms with Crippen LogP contribution in [-0.2, 0) is 6.54 Å². The Morgan fingerprint density at radius 1 is 1.35 bits per heavy atom. The van der Waals surface area contributed by atoms with Crippen LogP contribution in [0.25, 0.3) is 0 Å². The van der Waals surface area contributed by atoms with Gasteiger partial charge in [-0.2, -0.15) is 0 Å². The highest BCUT2D eigenvalue weighted by Gasteiger charge is 2.22. The van der Waals surface area contributed by atoms with Crippen molar-refractivity contribution in [3.63, 3.8) is 0 Å². The van der Waals surface area contributed by atoms with Gasteiger partial charge in [0, 0.05) is 30.9 Å². The van der Waals surface area contributed by atoms with Gasteiger partial charge >= 0.3 is 0 Å². The van der Waals surface area contributed by atoms with Crippen molar-refractivity contribution in [3.8, 4) is 0 Å². The van der Waals surface area contributed by atoms with E-state index >= 15 is 0 Å². The number of pyridine rings is 1. The molecular formula is C17H29N3. The summed E-state index contributed by atoms with van der Waals surface area (Å²) in [5.74, 6) is 2.00. The van der Waals surface area contributed by atoms with Crippen LogP contribution in [0, 0.1) is 12.8 Å². The van der Waals surface area contributed by atoms with Gasteiger partial charge in [-0.05, 0) is 57.7 Å². The van der Waals surface area contributed by atoms with E-state index in [0.717, 1.165) is 30.5 Å². The second-order valence-electron chi connectivity index (χ2n) is 7.09. The van der Waals surface area contributed by atoms with Crippen LogP contribution in [0.2, 0.25) is 0 Å². The van der Waals surface area contributed by atoms with Crippen molar-refractivity contribution in [2.24, 2.45) is 5.92 Å². The summed E-state index contributed by atoms with van der Waals surface area (Å²) in [6.07, 6.45) is 2.59. The lowest BCUT2D eigenvalue weighted by Crippen LogP contribution is -2.35. The van der Waals surface area contributed by atoms with Gasteiger partial charge in [0.05, 0.1) is 0 Å². The molecule has 0 spiro atoms. The molecule has 0 saturated carbocycles. The fourth-order valence-electron chi connectivity index (χ4n) is 2.73. The second-order valence-corrected chi connectivity index (χ2v) is 7.09. The number of aryl methyl sites for hydroxylation is 1. The first-order valence-electron chi connectivity index (χ1n) is 7.85. The van der Waals surface area contributed by atoms with E-state index in [9.17, 15) is 0 Å². The van der Waals surface area contributed by atoms with Gasteiger partial charge in [-0.25, -0.2) is 4.98 Å². The third-order valence-corrected chi connectivity index (χ3v) is 4.01. The van der Waals surface area contributed by atoms with Gasteiger partial charge in [0.1, 0.15) is 5.82 Å². The summed E-state index contributed by atoms with van der Waals surface area (Å²) in [5.41, 5.74) is 2.61. The predicted molar refractivity (Wildman–Crippen MR) is 86.2 cm³/mol. The molecule has 1 aliphatic rings. The van der Waals surface area contributed by atoms with Gasteiger partial charge in [-0.3, -0.25) is 0 Å². The quantitative estimate of drug-likeness (QED) is 0.911. The zero-order valence-corrected chi connectivity index (χ0v) is 13.7. The standard InChI is InChI=1S/C17H29N3/c1-6-14-7-8-20(12-14)16-10-15(9-13(2)19-16)11-18-17(3,4)5/h9-10,14,18H,6-8,11-12H2,1-5H3. The van der Waals surface area contributed by atoms with Crippen LogP contribution in [0.4, 0.5) is 5.82 Å². The largest absolute Gasteiger partial charge is 0.356 e. The van der Waals surface area contributed by atoms with Crippen LogP contribution in [-0.4, -0.2) is 23.6 Å². The number of nitrogens with zero attached hydrogens (tertiary/aromatic N) is 2. The van der Waals surface area contributed by atoms with E-state index in [1.807, 2.05) is 0 Å². The smallest absolute Gasteiger partial charge is 0.129 e. The molecule has 0 aromatic carbocycles. The number of nitrogens with one attached hydrogen (secondary N) is 1. The Kier molecular flexibility index (Phi) is 4.69. The van der Waals surface area contributed by atoms with Crippen LogP contribution in [0.15, 0.2) is 12.1 Å². The highest BCUT2D eigenvalue weighted by Crippen LogP contribution is 2.25. The fourth-order valence-corrected chi connectivity index (χ4v) is 2.73. The molecule has 2 rings (SSSR count). The van der Waals surface area contributed by atoms with Crippen LogP contribution in [0.3, 0.4) is 0 Å². The Morgan fingerprint density at radius 3 is 2.70 bits per heavy atom. The lowest BCUT2D eigenvalue weighted by atomic mass is 10.1. The summed E-state index contributed by atoms with van der Waals surface area (Å²) in [4.78, 5) is 7.17. The number of aromatic nitrogens is 1.